The topological polar surface area (TPSA) is 84.9 Å². The summed E-state index contributed by atoms with van der Waals surface area (Å²) in [6.45, 7) is 0. The number of halogens is 5. The van der Waals surface area contributed by atoms with E-state index in [2.05, 4.69) is 15.0 Å². The lowest BCUT2D eigenvalue weighted by atomic mass is 10.00. The predicted octanol–water partition coefficient (Wildman–Crippen LogP) is 4.76. The van der Waals surface area contributed by atoms with Crippen LogP contribution in [0.4, 0.5) is 22.0 Å². The lowest BCUT2D eigenvalue weighted by molar-refractivity contribution is -0.137. The number of H-pyrrole nitrogens is 1. The molecule has 6 nitrogen and oxygen atoms in total. The minimum Gasteiger partial charge on any atom is -0.455 e. The second-order valence-corrected chi connectivity index (χ2v) is 7.31. The number of nitrogens with one attached hydrogen (secondary N) is 1. The Labute approximate surface area is 188 Å². The van der Waals surface area contributed by atoms with Crippen LogP contribution in [0.25, 0.3) is 11.2 Å². The van der Waals surface area contributed by atoms with E-state index in [4.69, 9.17) is 4.74 Å². The first-order valence-electron chi connectivity index (χ1n) is 9.78. The molecule has 0 amide bonds. The highest BCUT2D eigenvalue weighted by Crippen LogP contribution is 2.31. The van der Waals surface area contributed by atoms with Gasteiger partial charge in [0.05, 0.1) is 11.8 Å². The Morgan fingerprint density at radius 2 is 1.71 bits per heavy atom. The molecule has 0 bridgehead atoms. The van der Waals surface area contributed by atoms with Gasteiger partial charge in [0.2, 0.25) is 0 Å². The smallest absolute Gasteiger partial charge is 0.416 e. The average molecular weight is 475 g/mol. The quantitative estimate of drug-likeness (QED) is 0.407. The maximum atomic E-state index is 14.6. The normalized spacial score (nSPS) is 11.6. The van der Waals surface area contributed by atoms with Gasteiger partial charge in [0.1, 0.15) is 28.7 Å². The van der Waals surface area contributed by atoms with Gasteiger partial charge in [-0.25, -0.2) is 18.7 Å². The monoisotopic (exact) mass is 475 g/mol. The van der Waals surface area contributed by atoms with E-state index in [0.29, 0.717) is 18.2 Å². The van der Waals surface area contributed by atoms with Gasteiger partial charge < -0.3 is 9.72 Å². The highest BCUT2D eigenvalue weighted by atomic mass is 19.4. The number of pyridine rings is 1. The van der Waals surface area contributed by atoms with Gasteiger partial charge in [0.25, 0.3) is 5.56 Å². The number of aromatic nitrogens is 3. The van der Waals surface area contributed by atoms with Crippen molar-refractivity contribution in [1.82, 2.24) is 15.0 Å². The molecule has 11 heteroatoms. The van der Waals surface area contributed by atoms with Gasteiger partial charge in [-0.05, 0) is 35.4 Å². The van der Waals surface area contributed by atoms with Crippen molar-refractivity contribution in [3.63, 3.8) is 0 Å². The second-order valence-electron chi connectivity index (χ2n) is 7.31. The SMILES string of the molecule is O=C(Cc1ccc(Oc2ccnc3[nH]c(=O)cnc23)cc1F)Cc1cc(C(F)(F)F)ccc1F. The van der Waals surface area contributed by atoms with Crippen molar-refractivity contribution >= 4 is 16.9 Å². The van der Waals surface area contributed by atoms with Crippen LogP contribution in [0.1, 0.15) is 16.7 Å². The molecule has 4 rings (SSSR count). The summed E-state index contributed by atoms with van der Waals surface area (Å²) in [4.78, 5) is 34.1. The fourth-order valence-electron chi connectivity index (χ4n) is 3.24. The van der Waals surface area contributed by atoms with Gasteiger partial charge in [-0.1, -0.05) is 6.07 Å². The Kier molecular flexibility index (Phi) is 6.10. The van der Waals surface area contributed by atoms with E-state index < -0.39 is 53.1 Å². The first-order chi connectivity index (χ1) is 16.1. The van der Waals surface area contributed by atoms with Crippen molar-refractivity contribution in [2.24, 2.45) is 0 Å². The van der Waals surface area contributed by atoms with Crippen molar-refractivity contribution in [2.45, 2.75) is 19.0 Å². The maximum absolute atomic E-state index is 14.6. The van der Waals surface area contributed by atoms with E-state index in [-0.39, 0.29) is 28.2 Å². The molecule has 0 aliphatic rings. The standard InChI is InChI=1S/C23H14F5N3O3/c24-17-4-2-14(23(26,27)28)7-13(17)9-15(32)8-12-1-3-16(10-18(12)25)34-19-5-6-29-22-21(19)30-11-20(33)31-22/h1-7,10-11H,8-9H2,(H,29,31,33). The zero-order valence-corrected chi connectivity index (χ0v) is 17.1. The third kappa shape index (κ3) is 5.08. The molecule has 4 aromatic rings. The number of rotatable bonds is 6. The summed E-state index contributed by atoms with van der Waals surface area (Å²) < 4.78 is 72.6. The minimum atomic E-state index is -4.68. The van der Waals surface area contributed by atoms with Gasteiger partial charge in [0, 0.05) is 31.2 Å². The lowest BCUT2D eigenvalue weighted by Gasteiger charge is -2.11. The van der Waals surface area contributed by atoms with E-state index in [9.17, 15) is 31.5 Å². The van der Waals surface area contributed by atoms with Gasteiger partial charge in [-0.15, -0.1) is 0 Å². The molecule has 2 heterocycles. The molecule has 174 valence electrons. The number of ether oxygens (including phenoxy) is 1. The van der Waals surface area contributed by atoms with Gasteiger partial charge in [-0.2, -0.15) is 13.2 Å². The maximum Gasteiger partial charge on any atom is 0.416 e. The Balaban J connectivity index is 1.49. The lowest BCUT2D eigenvalue weighted by Crippen LogP contribution is -2.11. The van der Waals surface area contributed by atoms with Crippen molar-refractivity contribution in [3.8, 4) is 11.5 Å². The van der Waals surface area contributed by atoms with Crippen molar-refractivity contribution in [2.75, 3.05) is 0 Å². The zero-order chi connectivity index (χ0) is 24.5. The van der Waals surface area contributed by atoms with Crippen molar-refractivity contribution in [1.29, 1.82) is 0 Å². The van der Waals surface area contributed by atoms with E-state index >= 15 is 0 Å². The molecule has 0 fully saturated rings. The van der Waals surface area contributed by atoms with Crippen LogP contribution in [0.2, 0.25) is 0 Å². The largest absolute Gasteiger partial charge is 0.455 e. The summed E-state index contributed by atoms with van der Waals surface area (Å²) in [5.41, 5.74) is -1.57. The second kappa shape index (κ2) is 9.00. The first-order valence-corrected chi connectivity index (χ1v) is 9.78. The summed E-state index contributed by atoms with van der Waals surface area (Å²) in [5, 5.41) is 0. The van der Waals surface area contributed by atoms with Gasteiger partial charge >= 0.3 is 6.18 Å². The summed E-state index contributed by atoms with van der Waals surface area (Å²) in [6.07, 6.45) is -3.35. The number of carbonyl (C=O) groups is 1. The van der Waals surface area contributed by atoms with E-state index in [1.807, 2.05) is 0 Å². The summed E-state index contributed by atoms with van der Waals surface area (Å²) in [5.74, 6) is -2.15. The summed E-state index contributed by atoms with van der Waals surface area (Å²) >= 11 is 0. The molecule has 0 saturated heterocycles. The molecule has 0 radical (unpaired) electrons. The number of carbonyl (C=O) groups excluding carboxylic acids is 1. The average Bonchev–Trinajstić information content (AvgIpc) is 2.76. The highest BCUT2D eigenvalue weighted by molar-refractivity contribution is 5.83. The van der Waals surface area contributed by atoms with Crippen LogP contribution in [0.5, 0.6) is 11.5 Å². The molecule has 0 spiro atoms. The summed E-state index contributed by atoms with van der Waals surface area (Å²) in [6, 6.07) is 6.95. The first kappa shape index (κ1) is 23.0. The number of fused-ring (bicyclic) bond motifs is 1. The molecule has 0 aliphatic carbocycles. The van der Waals surface area contributed by atoms with Gasteiger partial charge in [0.15, 0.2) is 11.4 Å². The van der Waals surface area contributed by atoms with Gasteiger partial charge in [-0.3, -0.25) is 9.59 Å². The Morgan fingerprint density at radius 3 is 2.44 bits per heavy atom. The Bertz CT molecular complexity index is 1450. The molecule has 2 aromatic heterocycles. The number of aromatic amines is 1. The van der Waals surface area contributed by atoms with E-state index in [0.717, 1.165) is 12.3 Å². The van der Waals surface area contributed by atoms with Crippen LogP contribution >= 0.6 is 0 Å². The molecule has 0 unspecified atom stereocenters. The van der Waals surface area contributed by atoms with Crippen LogP contribution < -0.4 is 10.3 Å². The number of ketones is 1. The zero-order valence-electron chi connectivity index (χ0n) is 17.1. The molecular weight excluding hydrogens is 461 g/mol. The molecule has 0 atom stereocenters. The van der Waals surface area contributed by atoms with E-state index in [1.165, 1.54) is 24.4 Å². The Hall–Kier alpha value is -4.15. The molecule has 2 aromatic carbocycles. The molecule has 0 saturated carbocycles. The van der Waals surface area contributed by atoms with Crippen molar-refractivity contribution < 1.29 is 31.5 Å². The number of hydrogen-bond donors (Lipinski definition) is 1. The molecule has 34 heavy (non-hydrogen) atoms. The van der Waals surface area contributed by atoms with E-state index in [1.54, 1.807) is 0 Å². The predicted molar refractivity (Wildman–Crippen MR) is 110 cm³/mol. The third-order valence-corrected chi connectivity index (χ3v) is 4.84. The van der Waals surface area contributed by atoms with Crippen molar-refractivity contribution in [3.05, 3.63) is 93.5 Å². The number of nitrogens with zero attached hydrogens (tertiary/aromatic N) is 2. The van der Waals surface area contributed by atoms with Crippen LogP contribution in [-0.4, -0.2) is 20.7 Å². The molecular formula is C23H14F5N3O3. The molecule has 0 aliphatic heterocycles. The Morgan fingerprint density at radius 1 is 0.941 bits per heavy atom. The van der Waals surface area contributed by atoms with Crippen LogP contribution in [0.15, 0.2) is 59.7 Å². The van der Waals surface area contributed by atoms with Crippen LogP contribution in [0, 0.1) is 11.6 Å². The summed E-state index contributed by atoms with van der Waals surface area (Å²) in [7, 11) is 0. The number of alkyl halides is 3. The fraction of sp³-hybridized carbons (Fsp3) is 0.130. The minimum absolute atomic E-state index is 0.0354. The number of Topliss-reactive ketones (excluding diaryl/α,β-unsaturated/α-hetero) is 1. The number of benzene rings is 2. The number of hydrogen-bond acceptors (Lipinski definition) is 5. The third-order valence-electron chi connectivity index (χ3n) is 4.84. The molecule has 1 N–H and O–H groups in total. The highest BCUT2D eigenvalue weighted by Gasteiger charge is 2.31. The fourth-order valence-corrected chi connectivity index (χ4v) is 3.24. The van der Waals surface area contributed by atoms with Crippen LogP contribution in [0.3, 0.4) is 0 Å². The van der Waals surface area contributed by atoms with Crippen LogP contribution in [-0.2, 0) is 23.8 Å².